The Morgan fingerprint density at radius 1 is 1.24 bits per heavy atom. The normalized spacial score (nSPS) is 30.8. The largest absolute Gasteiger partial charge is 0.295 e. The van der Waals surface area contributed by atoms with Crippen LogP contribution in [0.15, 0.2) is 29.2 Å². The topological polar surface area (TPSA) is 46.2 Å². The number of fused-ring (bicyclic) bond motifs is 2. The van der Waals surface area contributed by atoms with Crippen LogP contribution in [0.3, 0.4) is 0 Å². The van der Waals surface area contributed by atoms with Crippen LogP contribution in [0, 0.1) is 5.92 Å². The Hall–Kier alpha value is -1.36. The van der Waals surface area contributed by atoms with Crippen LogP contribution in [-0.2, 0) is 15.0 Å². The molecule has 2 saturated heterocycles. The lowest BCUT2D eigenvalue weighted by atomic mass is 9.55. The minimum absolute atomic E-state index is 0.0390. The van der Waals surface area contributed by atoms with Crippen LogP contribution in [0.1, 0.15) is 18.4 Å². The van der Waals surface area contributed by atoms with Gasteiger partial charge in [0, 0.05) is 10.8 Å². The van der Waals surface area contributed by atoms with E-state index < -0.39 is 5.41 Å². The summed E-state index contributed by atoms with van der Waals surface area (Å²) in [7, 11) is 0. The van der Waals surface area contributed by atoms with Crippen molar-refractivity contribution in [3.63, 3.8) is 0 Å². The van der Waals surface area contributed by atoms with Crippen LogP contribution in [0.25, 0.3) is 0 Å². The molecule has 2 heterocycles. The number of hydrogen-bond donors (Lipinski definition) is 1. The van der Waals surface area contributed by atoms with Crippen molar-refractivity contribution in [1.29, 1.82) is 0 Å². The molecule has 3 fully saturated rings. The molecule has 1 aliphatic carbocycles. The molecule has 1 aromatic rings. The molecular weight excluding hydrogens is 241 g/mol. The Morgan fingerprint density at radius 3 is 2.41 bits per heavy atom. The zero-order valence-electron chi connectivity index (χ0n) is 8.90. The zero-order chi connectivity index (χ0) is 12.0. The van der Waals surface area contributed by atoms with E-state index in [1.54, 1.807) is 24.3 Å². The molecule has 0 atom stereocenters. The van der Waals surface area contributed by atoms with Gasteiger partial charge < -0.3 is 0 Å². The summed E-state index contributed by atoms with van der Waals surface area (Å²) in [6.07, 6.45) is 1.17. The molecule has 88 valence electrons. The Bertz CT molecular complexity index is 494. The molecule has 0 unspecified atom stereocenters. The van der Waals surface area contributed by atoms with Gasteiger partial charge >= 0.3 is 0 Å². The van der Waals surface area contributed by atoms with E-state index >= 15 is 0 Å². The third kappa shape index (κ3) is 1.42. The number of nitrogens with one attached hydrogen (secondary N) is 1. The van der Waals surface area contributed by atoms with Crippen LogP contribution in [0.2, 0.25) is 0 Å². The highest BCUT2D eigenvalue weighted by atomic mass is 32.2. The Labute approximate surface area is 102 Å². The van der Waals surface area contributed by atoms with Crippen LogP contribution in [-0.4, -0.2) is 11.8 Å². The van der Waals surface area contributed by atoms with E-state index in [-0.39, 0.29) is 29.9 Å². The van der Waals surface area contributed by atoms with Crippen LogP contribution in [0.4, 0.5) is 3.89 Å². The maximum absolute atomic E-state index is 12.3. The second kappa shape index (κ2) is 3.57. The minimum atomic E-state index is -0.557. The van der Waals surface area contributed by atoms with Gasteiger partial charge in [-0.05, 0) is 30.5 Å². The van der Waals surface area contributed by atoms with E-state index in [1.165, 1.54) is 0 Å². The first-order chi connectivity index (χ1) is 8.15. The molecule has 3 aliphatic rings. The molecule has 2 bridgehead atoms. The zero-order valence-corrected chi connectivity index (χ0v) is 9.72. The molecule has 0 radical (unpaired) electrons. The summed E-state index contributed by atoms with van der Waals surface area (Å²) < 4.78 is 12.3. The molecule has 2 amide bonds. The lowest BCUT2D eigenvalue weighted by Gasteiger charge is -2.49. The van der Waals surface area contributed by atoms with Crippen molar-refractivity contribution in [3.8, 4) is 0 Å². The number of carbonyl (C=O) groups is 2. The molecule has 1 saturated carbocycles. The lowest BCUT2D eigenvalue weighted by molar-refractivity contribution is -0.151. The van der Waals surface area contributed by atoms with Crippen molar-refractivity contribution < 1.29 is 13.5 Å². The number of piperidine rings is 2. The maximum atomic E-state index is 12.3. The highest BCUT2D eigenvalue weighted by molar-refractivity contribution is 7.94. The quantitative estimate of drug-likeness (QED) is 0.817. The van der Waals surface area contributed by atoms with Gasteiger partial charge in [0.15, 0.2) is 0 Å². The van der Waals surface area contributed by atoms with E-state index in [0.29, 0.717) is 17.7 Å². The van der Waals surface area contributed by atoms with Gasteiger partial charge in [0.25, 0.3) is 0 Å². The number of hydrogen-bond acceptors (Lipinski definition) is 3. The number of imide groups is 1. The highest BCUT2D eigenvalue weighted by Gasteiger charge is 2.58. The fourth-order valence-corrected chi connectivity index (χ4v) is 2.92. The molecule has 3 nitrogen and oxygen atoms in total. The van der Waals surface area contributed by atoms with Crippen molar-refractivity contribution in [3.05, 3.63) is 29.8 Å². The SMILES string of the molecule is O=C1NC(=O)C2(c3ccc(SF)cc3)CC1C2. The summed E-state index contributed by atoms with van der Waals surface area (Å²) in [5.41, 5.74) is 0.314. The maximum Gasteiger partial charge on any atom is 0.237 e. The predicted octanol–water partition coefficient (Wildman–Crippen LogP) is 1.97. The molecule has 5 heteroatoms. The summed E-state index contributed by atoms with van der Waals surface area (Å²) in [5.74, 6) is -0.415. The number of amides is 2. The molecule has 1 aromatic carbocycles. The van der Waals surface area contributed by atoms with Crippen LogP contribution in [0.5, 0.6) is 0 Å². The van der Waals surface area contributed by atoms with Gasteiger partial charge in [-0.3, -0.25) is 14.9 Å². The monoisotopic (exact) mass is 251 g/mol. The van der Waals surface area contributed by atoms with Gasteiger partial charge in [0.05, 0.1) is 17.6 Å². The standard InChI is InChI=1S/C12H10FNO2S/c13-17-9-3-1-8(2-4-9)12-5-7(6-12)10(15)14-11(12)16/h1-4,7H,5-6H2,(H,14,15,16). The van der Waals surface area contributed by atoms with Crippen molar-refractivity contribution in [2.45, 2.75) is 23.2 Å². The fraction of sp³-hybridized carbons (Fsp3) is 0.333. The van der Waals surface area contributed by atoms with E-state index in [1.807, 2.05) is 0 Å². The van der Waals surface area contributed by atoms with Crippen LogP contribution < -0.4 is 5.32 Å². The number of carbonyl (C=O) groups excluding carboxylic acids is 2. The lowest BCUT2D eigenvalue weighted by Crippen LogP contribution is -2.64. The van der Waals surface area contributed by atoms with Crippen molar-refractivity contribution in [2.75, 3.05) is 0 Å². The van der Waals surface area contributed by atoms with Gasteiger partial charge in [-0.25, -0.2) is 0 Å². The number of benzene rings is 1. The van der Waals surface area contributed by atoms with Gasteiger partial charge in [-0.2, -0.15) is 3.89 Å². The molecule has 4 rings (SSSR count). The second-order valence-electron chi connectivity index (χ2n) is 4.61. The van der Waals surface area contributed by atoms with Crippen molar-refractivity contribution in [1.82, 2.24) is 5.32 Å². The first-order valence-corrected chi connectivity index (χ1v) is 6.12. The second-order valence-corrected chi connectivity index (χ2v) is 5.23. The summed E-state index contributed by atoms with van der Waals surface area (Å²) >= 11 is 0.182. The van der Waals surface area contributed by atoms with Gasteiger partial charge in [-0.15, -0.1) is 0 Å². The fourth-order valence-electron chi connectivity index (χ4n) is 2.68. The molecule has 0 spiro atoms. The predicted molar refractivity (Wildman–Crippen MR) is 61.0 cm³/mol. The molecule has 0 aromatic heterocycles. The van der Waals surface area contributed by atoms with E-state index in [9.17, 15) is 13.5 Å². The third-order valence-corrected chi connectivity index (χ3v) is 4.18. The average molecular weight is 251 g/mol. The third-order valence-electron chi connectivity index (χ3n) is 3.73. The Balaban J connectivity index is 1.94. The van der Waals surface area contributed by atoms with Crippen molar-refractivity contribution in [2.24, 2.45) is 5.92 Å². The van der Waals surface area contributed by atoms with Gasteiger partial charge in [-0.1, -0.05) is 12.1 Å². The summed E-state index contributed by atoms with van der Waals surface area (Å²) in [5, 5.41) is 2.39. The molecule has 2 aliphatic heterocycles. The first kappa shape index (κ1) is 10.8. The molecule has 17 heavy (non-hydrogen) atoms. The first-order valence-electron chi connectivity index (χ1n) is 5.40. The van der Waals surface area contributed by atoms with Crippen LogP contribution >= 0.6 is 12.1 Å². The average Bonchev–Trinajstić information content (AvgIpc) is 2.27. The summed E-state index contributed by atoms with van der Waals surface area (Å²) in [6.45, 7) is 0. The van der Waals surface area contributed by atoms with Gasteiger partial charge in [0.2, 0.25) is 11.8 Å². The molecule has 1 N–H and O–H groups in total. The van der Waals surface area contributed by atoms with Gasteiger partial charge in [0.1, 0.15) is 0 Å². The number of halogens is 1. The summed E-state index contributed by atoms with van der Waals surface area (Å²) in [4.78, 5) is 23.8. The minimum Gasteiger partial charge on any atom is -0.295 e. The Kier molecular flexibility index (Phi) is 2.26. The van der Waals surface area contributed by atoms with E-state index in [0.717, 1.165) is 5.56 Å². The summed E-state index contributed by atoms with van der Waals surface area (Å²) in [6, 6.07) is 6.86. The van der Waals surface area contributed by atoms with Crippen molar-refractivity contribution >= 4 is 24.0 Å². The van der Waals surface area contributed by atoms with E-state index in [4.69, 9.17) is 0 Å². The number of rotatable bonds is 2. The molecular formula is C12H10FNO2S. The smallest absolute Gasteiger partial charge is 0.237 e. The van der Waals surface area contributed by atoms with E-state index in [2.05, 4.69) is 5.32 Å². The Morgan fingerprint density at radius 2 is 1.88 bits per heavy atom. The highest BCUT2D eigenvalue weighted by Crippen LogP contribution is 2.50.